The van der Waals surface area contributed by atoms with E-state index >= 15 is 0 Å². The van der Waals surface area contributed by atoms with Crippen LogP contribution < -0.4 is 0 Å². The van der Waals surface area contributed by atoms with Crippen LogP contribution in [0.25, 0.3) is 0 Å². The van der Waals surface area contributed by atoms with Crippen molar-refractivity contribution in [2.45, 2.75) is 51.4 Å². The minimum atomic E-state index is -0.342. The number of amides is 2. The minimum Gasteiger partial charge on any atom is -0.342 e. The second-order valence-corrected chi connectivity index (χ2v) is 8.36. The molecule has 1 saturated carbocycles. The average Bonchev–Trinajstić information content (AvgIpc) is 3.12. The zero-order valence-corrected chi connectivity index (χ0v) is 15.5. The Balaban J connectivity index is 1.43. The Labute approximate surface area is 155 Å². The summed E-state index contributed by atoms with van der Waals surface area (Å²) in [5, 5.41) is 0. The van der Waals surface area contributed by atoms with Gasteiger partial charge in [0.05, 0.1) is 11.0 Å². The number of pyridine rings is 1. The van der Waals surface area contributed by atoms with Crippen molar-refractivity contribution in [1.82, 2.24) is 14.8 Å². The maximum absolute atomic E-state index is 13.3. The fraction of sp³-hybridized carbons (Fsp3) is 0.667. The van der Waals surface area contributed by atoms with Gasteiger partial charge >= 0.3 is 0 Å². The van der Waals surface area contributed by atoms with E-state index in [0.29, 0.717) is 30.5 Å². The highest BCUT2D eigenvalue weighted by Crippen LogP contribution is 2.41. The van der Waals surface area contributed by atoms with E-state index in [-0.39, 0.29) is 11.3 Å². The van der Waals surface area contributed by atoms with Gasteiger partial charge in [0.25, 0.3) is 5.91 Å². The van der Waals surface area contributed by atoms with Gasteiger partial charge in [-0.25, -0.2) is 0 Å². The SMILES string of the molecule is O=C(c1cccnc1)N1CC[C@]2(CCCN(CC3CCCCC3)C2=O)C1. The predicted octanol–water partition coefficient (Wildman–Crippen LogP) is 3.12. The third-order valence-corrected chi connectivity index (χ3v) is 6.58. The summed E-state index contributed by atoms with van der Waals surface area (Å²) in [5.41, 5.74) is 0.275. The molecule has 2 aliphatic heterocycles. The summed E-state index contributed by atoms with van der Waals surface area (Å²) in [6.45, 7) is 3.07. The summed E-state index contributed by atoms with van der Waals surface area (Å²) >= 11 is 0. The van der Waals surface area contributed by atoms with Crippen molar-refractivity contribution < 1.29 is 9.59 Å². The Kier molecular flexibility index (Phi) is 4.96. The largest absolute Gasteiger partial charge is 0.342 e. The van der Waals surface area contributed by atoms with Crippen molar-refractivity contribution in [3.8, 4) is 0 Å². The summed E-state index contributed by atoms with van der Waals surface area (Å²) < 4.78 is 0. The van der Waals surface area contributed by atoms with Crippen LogP contribution in [-0.4, -0.2) is 52.8 Å². The van der Waals surface area contributed by atoms with Gasteiger partial charge in [0.15, 0.2) is 0 Å². The van der Waals surface area contributed by atoms with E-state index in [0.717, 1.165) is 32.4 Å². The van der Waals surface area contributed by atoms with Crippen LogP contribution in [0.3, 0.4) is 0 Å². The van der Waals surface area contributed by atoms with Crippen molar-refractivity contribution in [3.63, 3.8) is 0 Å². The van der Waals surface area contributed by atoms with Gasteiger partial charge in [-0.2, -0.15) is 0 Å². The minimum absolute atomic E-state index is 0.00665. The standard InChI is InChI=1S/C21H29N3O2/c25-19(18-8-4-11-22-14-18)24-13-10-21(16-24)9-5-12-23(20(21)26)15-17-6-2-1-3-7-17/h4,8,11,14,17H,1-3,5-7,9-10,12-13,15-16H2/t21-/m1/s1. The zero-order chi connectivity index (χ0) is 18.0. The van der Waals surface area contributed by atoms with Crippen molar-refractivity contribution >= 4 is 11.8 Å². The number of carbonyl (C=O) groups excluding carboxylic acids is 2. The maximum atomic E-state index is 13.3. The summed E-state index contributed by atoms with van der Waals surface area (Å²) in [6.07, 6.45) is 12.6. The quantitative estimate of drug-likeness (QED) is 0.837. The van der Waals surface area contributed by atoms with Crippen LogP contribution in [0.1, 0.15) is 61.7 Å². The second kappa shape index (κ2) is 7.37. The number of hydrogen-bond donors (Lipinski definition) is 0. The first kappa shape index (κ1) is 17.5. The smallest absolute Gasteiger partial charge is 0.255 e. The van der Waals surface area contributed by atoms with E-state index < -0.39 is 0 Å². The number of rotatable bonds is 3. The molecule has 3 fully saturated rings. The van der Waals surface area contributed by atoms with Crippen molar-refractivity contribution in [3.05, 3.63) is 30.1 Å². The number of piperidine rings is 1. The van der Waals surface area contributed by atoms with Gasteiger partial charge in [0, 0.05) is 38.6 Å². The van der Waals surface area contributed by atoms with Crippen molar-refractivity contribution in [2.24, 2.45) is 11.3 Å². The van der Waals surface area contributed by atoms with Gasteiger partial charge in [0.1, 0.15) is 0 Å². The molecule has 2 saturated heterocycles. The van der Waals surface area contributed by atoms with Crippen LogP contribution in [0, 0.1) is 11.3 Å². The van der Waals surface area contributed by atoms with Crippen LogP contribution in [0.5, 0.6) is 0 Å². The van der Waals surface area contributed by atoms with E-state index in [1.54, 1.807) is 24.5 Å². The van der Waals surface area contributed by atoms with Gasteiger partial charge in [-0.1, -0.05) is 19.3 Å². The van der Waals surface area contributed by atoms with Gasteiger partial charge in [0.2, 0.25) is 5.91 Å². The fourth-order valence-corrected chi connectivity index (χ4v) is 5.10. The van der Waals surface area contributed by atoms with Crippen LogP contribution in [0.2, 0.25) is 0 Å². The molecule has 1 spiro atoms. The van der Waals surface area contributed by atoms with E-state index in [2.05, 4.69) is 9.88 Å². The number of carbonyl (C=O) groups is 2. The van der Waals surface area contributed by atoms with E-state index in [1.165, 1.54) is 32.1 Å². The topological polar surface area (TPSA) is 53.5 Å². The van der Waals surface area contributed by atoms with Crippen LogP contribution in [0.15, 0.2) is 24.5 Å². The Morgan fingerprint density at radius 3 is 2.77 bits per heavy atom. The average molecular weight is 355 g/mol. The number of nitrogens with zero attached hydrogens (tertiary/aromatic N) is 3. The molecule has 5 nitrogen and oxygen atoms in total. The fourth-order valence-electron chi connectivity index (χ4n) is 5.10. The Bertz CT molecular complexity index is 656. The van der Waals surface area contributed by atoms with E-state index in [4.69, 9.17) is 0 Å². The first-order valence-electron chi connectivity index (χ1n) is 10.2. The molecule has 0 bridgehead atoms. The summed E-state index contributed by atoms with van der Waals surface area (Å²) in [6, 6.07) is 3.59. The molecule has 0 radical (unpaired) electrons. The molecule has 3 aliphatic rings. The lowest BCUT2D eigenvalue weighted by atomic mass is 9.77. The molecule has 26 heavy (non-hydrogen) atoms. The lowest BCUT2D eigenvalue weighted by Gasteiger charge is -2.41. The Morgan fingerprint density at radius 1 is 1.15 bits per heavy atom. The number of likely N-dealkylation sites (tertiary alicyclic amines) is 2. The molecule has 1 aromatic rings. The van der Waals surface area contributed by atoms with Gasteiger partial charge in [-0.05, 0) is 50.2 Å². The first-order chi connectivity index (χ1) is 12.7. The van der Waals surface area contributed by atoms with Gasteiger partial charge in [-0.15, -0.1) is 0 Å². The zero-order valence-electron chi connectivity index (χ0n) is 15.5. The van der Waals surface area contributed by atoms with Crippen molar-refractivity contribution in [2.75, 3.05) is 26.2 Å². The lowest BCUT2D eigenvalue weighted by molar-refractivity contribution is -0.146. The molecule has 0 N–H and O–H groups in total. The Morgan fingerprint density at radius 2 is 2.00 bits per heavy atom. The molecule has 0 aromatic carbocycles. The summed E-state index contributed by atoms with van der Waals surface area (Å²) in [5.74, 6) is 0.986. The van der Waals surface area contributed by atoms with E-state index in [9.17, 15) is 9.59 Å². The molecule has 5 heteroatoms. The normalized spacial score (nSPS) is 27.3. The third kappa shape index (κ3) is 3.36. The molecular formula is C21H29N3O2. The number of hydrogen-bond acceptors (Lipinski definition) is 3. The molecule has 3 heterocycles. The molecule has 1 aromatic heterocycles. The molecule has 1 atom stereocenters. The molecule has 4 rings (SSSR count). The first-order valence-corrected chi connectivity index (χ1v) is 10.2. The second-order valence-electron chi connectivity index (χ2n) is 8.36. The van der Waals surface area contributed by atoms with Crippen molar-refractivity contribution in [1.29, 1.82) is 0 Å². The maximum Gasteiger partial charge on any atom is 0.255 e. The monoisotopic (exact) mass is 355 g/mol. The number of aromatic nitrogens is 1. The highest BCUT2D eigenvalue weighted by atomic mass is 16.2. The van der Waals surface area contributed by atoms with E-state index in [1.807, 2.05) is 4.90 Å². The summed E-state index contributed by atoms with van der Waals surface area (Å²) in [4.78, 5) is 34.1. The lowest BCUT2D eigenvalue weighted by Crippen LogP contribution is -2.51. The molecule has 140 valence electrons. The van der Waals surface area contributed by atoms with Gasteiger partial charge < -0.3 is 9.80 Å². The van der Waals surface area contributed by atoms with Crippen LogP contribution in [0.4, 0.5) is 0 Å². The van der Waals surface area contributed by atoms with Gasteiger partial charge in [-0.3, -0.25) is 14.6 Å². The molecule has 1 aliphatic carbocycles. The third-order valence-electron chi connectivity index (χ3n) is 6.58. The highest BCUT2D eigenvalue weighted by molar-refractivity contribution is 5.95. The predicted molar refractivity (Wildman–Crippen MR) is 99.6 cm³/mol. The molecule has 2 amide bonds. The van der Waals surface area contributed by atoms with Crippen LogP contribution in [-0.2, 0) is 4.79 Å². The molecule has 0 unspecified atom stereocenters. The molecular weight excluding hydrogens is 326 g/mol. The van der Waals surface area contributed by atoms with Crippen LogP contribution >= 0.6 is 0 Å². The highest BCUT2D eigenvalue weighted by Gasteiger charge is 2.49. The summed E-state index contributed by atoms with van der Waals surface area (Å²) in [7, 11) is 0. The Hall–Kier alpha value is -1.91.